The molecule has 1 atom stereocenters. The number of carbonyl (C=O) groups is 1. The highest BCUT2D eigenvalue weighted by molar-refractivity contribution is 7.16. The third-order valence-electron chi connectivity index (χ3n) is 5.68. The van der Waals surface area contributed by atoms with Gasteiger partial charge in [0.05, 0.1) is 20.3 Å². The van der Waals surface area contributed by atoms with Gasteiger partial charge in [-0.2, -0.15) is 0 Å². The van der Waals surface area contributed by atoms with Gasteiger partial charge in [0, 0.05) is 22.2 Å². The maximum atomic E-state index is 13.0. The summed E-state index contributed by atoms with van der Waals surface area (Å²) in [6, 6.07) is 20.5. The number of ether oxygens (including phenoxy) is 2. The molecule has 0 aliphatic heterocycles. The van der Waals surface area contributed by atoms with E-state index in [0.29, 0.717) is 17.1 Å². The van der Waals surface area contributed by atoms with Gasteiger partial charge in [-0.25, -0.2) is 4.98 Å². The molecule has 0 radical (unpaired) electrons. The molecule has 1 unspecified atom stereocenters. The summed E-state index contributed by atoms with van der Waals surface area (Å²) in [6.45, 7) is 4.14. The lowest BCUT2D eigenvalue weighted by Crippen LogP contribution is -2.18. The summed E-state index contributed by atoms with van der Waals surface area (Å²) in [5.74, 6) is 1.86. The largest absolute Gasteiger partial charge is 0.493 e. The highest BCUT2D eigenvalue weighted by atomic mass is 32.1. The normalized spacial score (nSPS) is 11.5. The first-order chi connectivity index (χ1) is 16.5. The zero-order valence-electron chi connectivity index (χ0n) is 19.6. The van der Waals surface area contributed by atoms with Gasteiger partial charge in [0.25, 0.3) is 5.91 Å². The zero-order chi connectivity index (χ0) is 24.1. The van der Waals surface area contributed by atoms with E-state index in [4.69, 9.17) is 9.47 Å². The van der Waals surface area contributed by atoms with Crippen molar-refractivity contribution in [1.29, 1.82) is 0 Å². The fourth-order valence-electron chi connectivity index (χ4n) is 3.80. The van der Waals surface area contributed by atoms with Crippen LogP contribution < -0.4 is 20.1 Å². The van der Waals surface area contributed by atoms with Crippen LogP contribution in [0.25, 0.3) is 0 Å². The van der Waals surface area contributed by atoms with Crippen molar-refractivity contribution < 1.29 is 14.3 Å². The number of hydrogen-bond acceptors (Lipinski definition) is 6. The Labute approximate surface area is 203 Å². The molecule has 0 aliphatic carbocycles. The van der Waals surface area contributed by atoms with Gasteiger partial charge in [0.1, 0.15) is 10.8 Å². The Morgan fingerprint density at radius 3 is 2.35 bits per heavy atom. The lowest BCUT2D eigenvalue weighted by atomic mass is 9.96. The van der Waals surface area contributed by atoms with E-state index in [1.54, 1.807) is 43.9 Å². The topological polar surface area (TPSA) is 72.5 Å². The molecule has 4 aromatic rings. The number of rotatable bonds is 8. The lowest BCUT2D eigenvalue weighted by molar-refractivity contribution is 0.102. The number of methoxy groups -OCH3 is 2. The number of pyridine rings is 1. The molecule has 174 valence electrons. The smallest absolute Gasteiger partial charge is 0.256 e. The number of aromatic nitrogens is 1. The number of hydrogen-bond donors (Lipinski definition) is 2. The van der Waals surface area contributed by atoms with E-state index in [1.807, 2.05) is 54.6 Å². The molecule has 2 aromatic carbocycles. The molecular formula is C27H27N3O3S. The van der Waals surface area contributed by atoms with Crippen molar-refractivity contribution in [3.63, 3.8) is 0 Å². The van der Waals surface area contributed by atoms with Crippen LogP contribution in [0.5, 0.6) is 11.5 Å². The van der Waals surface area contributed by atoms with Crippen LogP contribution in [0, 0.1) is 13.8 Å². The molecule has 6 nitrogen and oxygen atoms in total. The molecule has 0 saturated heterocycles. The number of nitrogens with zero attached hydrogens (tertiary/aromatic N) is 1. The fraction of sp³-hybridized carbons (Fsp3) is 0.185. The van der Waals surface area contributed by atoms with Crippen LogP contribution in [0.4, 0.5) is 10.8 Å². The SMILES string of the molecule is COc1ccc(C(Nc2ccccn2)c2c(NC(=O)c3ccccc3)sc(C)c2C)cc1OC. The van der Waals surface area contributed by atoms with E-state index in [-0.39, 0.29) is 11.9 Å². The first-order valence-corrected chi connectivity index (χ1v) is 11.7. The number of amides is 1. The van der Waals surface area contributed by atoms with E-state index in [0.717, 1.165) is 32.4 Å². The molecule has 1 amide bonds. The van der Waals surface area contributed by atoms with Gasteiger partial charge in [0.15, 0.2) is 11.5 Å². The number of nitrogens with one attached hydrogen (secondary N) is 2. The van der Waals surface area contributed by atoms with E-state index < -0.39 is 0 Å². The second-order valence-corrected chi connectivity index (χ2v) is 8.98. The third kappa shape index (κ3) is 4.89. The monoisotopic (exact) mass is 473 g/mol. The molecule has 0 bridgehead atoms. The second kappa shape index (κ2) is 10.4. The summed E-state index contributed by atoms with van der Waals surface area (Å²) in [7, 11) is 3.24. The third-order valence-corrected chi connectivity index (χ3v) is 6.82. The van der Waals surface area contributed by atoms with Gasteiger partial charge in [-0.15, -0.1) is 11.3 Å². The Balaban J connectivity index is 1.81. The summed E-state index contributed by atoms with van der Waals surface area (Å²) < 4.78 is 11.0. The average molecular weight is 474 g/mol. The Hall–Kier alpha value is -3.84. The van der Waals surface area contributed by atoms with Crippen LogP contribution >= 0.6 is 11.3 Å². The molecule has 0 fully saturated rings. The van der Waals surface area contributed by atoms with Crippen LogP contribution in [-0.2, 0) is 0 Å². The number of benzene rings is 2. The molecule has 34 heavy (non-hydrogen) atoms. The van der Waals surface area contributed by atoms with E-state index in [2.05, 4.69) is 29.5 Å². The van der Waals surface area contributed by atoms with E-state index >= 15 is 0 Å². The minimum atomic E-state index is -0.286. The van der Waals surface area contributed by atoms with Gasteiger partial charge in [-0.1, -0.05) is 30.3 Å². The standard InChI is InChI=1S/C27H27N3O3S/c1-17-18(2)34-27(30-26(31)19-10-6-5-7-11-19)24(17)25(29-23-12-8-9-15-28-23)20-13-14-21(32-3)22(16-20)33-4/h5-16,25H,1-4H3,(H,28,29)(H,30,31). The number of carbonyl (C=O) groups excluding carboxylic acids is 1. The van der Waals surface area contributed by atoms with Gasteiger partial charge in [-0.3, -0.25) is 4.79 Å². The number of anilines is 2. The molecule has 0 spiro atoms. The predicted octanol–water partition coefficient (Wildman–Crippen LogP) is 6.23. The maximum absolute atomic E-state index is 13.0. The van der Waals surface area contributed by atoms with Crippen molar-refractivity contribution in [3.8, 4) is 11.5 Å². The summed E-state index contributed by atoms with van der Waals surface area (Å²) in [4.78, 5) is 18.6. The van der Waals surface area contributed by atoms with Crippen LogP contribution in [0.1, 0.15) is 38.0 Å². The van der Waals surface area contributed by atoms with Crippen LogP contribution in [0.2, 0.25) is 0 Å². The Morgan fingerprint density at radius 1 is 0.941 bits per heavy atom. The summed E-state index contributed by atoms with van der Waals surface area (Å²) in [6.07, 6.45) is 1.75. The maximum Gasteiger partial charge on any atom is 0.256 e. The van der Waals surface area contributed by atoms with Gasteiger partial charge >= 0.3 is 0 Å². The number of thiophene rings is 1. The van der Waals surface area contributed by atoms with Gasteiger partial charge < -0.3 is 20.1 Å². The summed E-state index contributed by atoms with van der Waals surface area (Å²) >= 11 is 1.57. The summed E-state index contributed by atoms with van der Waals surface area (Å²) in [5.41, 5.74) is 3.66. The molecule has 0 aliphatic rings. The Bertz CT molecular complexity index is 1270. The second-order valence-electron chi connectivity index (χ2n) is 7.75. The number of aryl methyl sites for hydroxylation is 1. The van der Waals surface area contributed by atoms with Gasteiger partial charge in [-0.05, 0) is 61.4 Å². The van der Waals surface area contributed by atoms with Crippen LogP contribution in [0.15, 0.2) is 72.9 Å². The molecule has 4 rings (SSSR count). The predicted molar refractivity (Wildman–Crippen MR) is 137 cm³/mol. The molecule has 7 heteroatoms. The minimum absolute atomic E-state index is 0.146. The highest BCUT2D eigenvalue weighted by Gasteiger charge is 2.26. The first-order valence-electron chi connectivity index (χ1n) is 10.9. The first kappa shape index (κ1) is 23.3. The molecule has 0 saturated carbocycles. The summed E-state index contributed by atoms with van der Waals surface area (Å²) in [5, 5.41) is 7.49. The van der Waals surface area contributed by atoms with E-state index in [1.165, 1.54) is 0 Å². The van der Waals surface area contributed by atoms with Crippen LogP contribution in [0.3, 0.4) is 0 Å². The van der Waals surface area contributed by atoms with E-state index in [9.17, 15) is 4.79 Å². The average Bonchev–Trinajstić information content (AvgIpc) is 3.15. The van der Waals surface area contributed by atoms with Gasteiger partial charge in [0.2, 0.25) is 0 Å². The lowest BCUT2D eigenvalue weighted by Gasteiger charge is -2.23. The molecule has 2 heterocycles. The molecule has 2 N–H and O–H groups in total. The van der Waals surface area contributed by atoms with Crippen molar-refractivity contribution in [2.24, 2.45) is 0 Å². The molecular weight excluding hydrogens is 446 g/mol. The van der Waals surface area contributed by atoms with Crippen LogP contribution in [-0.4, -0.2) is 25.1 Å². The minimum Gasteiger partial charge on any atom is -0.493 e. The van der Waals surface area contributed by atoms with Crippen molar-refractivity contribution in [2.45, 2.75) is 19.9 Å². The van der Waals surface area contributed by atoms with Crippen molar-refractivity contribution in [3.05, 3.63) is 100 Å². The fourth-order valence-corrected chi connectivity index (χ4v) is 4.89. The van der Waals surface area contributed by atoms with Crippen molar-refractivity contribution in [1.82, 2.24) is 4.98 Å². The van der Waals surface area contributed by atoms with Crippen molar-refractivity contribution in [2.75, 3.05) is 24.9 Å². The zero-order valence-corrected chi connectivity index (χ0v) is 20.4. The van der Waals surface area contributed by atoms with Crippen molar-refractivity contribution >= 4 is 28.1 Å². The molecule has 2 aromatic heterocycles. The Morgan fingerprint density at radius 2 is 1.68 bits per heavy atom. The Kier molecular flexibility index (Phi) is 7.13. The highest BCUT2D eigenvalue weighted by Crippen LogP contribution is 2.42. The quantitative estimate of drug-likeness (QED) is 0.317.